The fourth-order valence-electron chi connectivity index (χ4n) is 1.52. The number of carboxylic acids is 1. The molecule has 1 aromatic heterocycles. The fraction of sp³-hybridized carbons (Fsp3) is 0.600. The second-order valence-electron chi connectivity index (χ2n) is 4.28. The van der Waals surface area contributed by atoms with E-state index in [9.17, 15) is 9.59 Å². The van der Waals surface area contributed by atoms with E-state index >= 15 is 0 Å². The summed E-state index contributed by atoms with van der Waals surface area (Å²) >= 11 is 0. The summed E-state index contributed by atoms with van der Waals surface area (Å²) < 4.78 is 4.76. The normalized spacial score (nSPS) is 16.0. The van der Waals surface area contributed by atoms with Crippen LogP contribution in [0, 0.1) is 5.41 Å². The van der Waals surface area contributed by atoms with E-state index in [-0.39, 0.29) is 12.6 Å². The number of hydrogen-bond donors (Lipinski definition) is 3. The van der Waals surface area contributed by atoms with Gasteiger partial charge in [-0.3, -0.25) is 4.79 Å². The van der Waals surface area contributed by atoms with Gasteiger partial charge in [0.05, 0.1) is 5.41 Å². The molecule has 3 N–H and O–H groups in total. The summed E-state index contributed by atoms with van der Waals surface area (Å²) in [6.45, 7) is 0.517. The zero-order valence-electron chi connectivity index (χ0n) is 9.68. The predicted octanol–water partition coefficient (Wildman–Crippen LogP) is -0.224. The Morgan fingerprint density at radius 2 is 2.22 bits per heavy atom. The SMILES string of the molecule is O=C(NCCc1ncno1)NCC1(C(=O)O)CC1. The van der Waals surface area contributed by atoms with E-state index in [0.717, 1.165) is 0 Å². The van der Waals surface area contributed by atoms with Crippen molar-refractivity contribution in [2.24, 2.45) is 5.41 Å². The van der Waals surface area contributed by atoms with Crippen molar-refractivity contribution in [2.45, 2.75) is 19.3 Å². The lowest BCUT2D eigenvalue weighted by Gasteiger charge is -2.11. The molecule has 1 heterocycles. The molecule has 1 aromatic rings. The Morgan fingerprint density at radius 3 is 2.78 bits per heavy atom. The van der Waals surface area contributed by atoms with E-state index in [1.165, 1.54) is 6.33 Å². The molecular formula is C10H14N4O4. The van der Waals surface area contributed by atoms with Crippen LogP contribution in [0.1, 0.15) is 18.7 Å². The Hall–Kier alpha value is -2.12. The molecule has 18 heavy (non-hydrogen) atoms. The molecular weight excluding hydrogens is 240 g/mol. The number of hydrogen-bond acceptors (Lipinski definition) is 5. The maximum absolute atomic E-state index is 11.4. The summed E-state index contributed by atoms with van der Waals surface area (Å²) in [4.78, 5) is 26.1. The molecule has 1 fully saturated rings. The Morgan fingerprint density at radius 1 is 1.44 bits per heavy atom. The average Bonchev–Trinajstić information content (AvgIpc) is 2.97. The molecule has 0 aliphatic heterocycles. The van der Waals surface area contributed by atoms with Crippen molar-refractivity contribution >= 4 is 12.0 Å². The molecule has 0 aromatic carbocycles. The van der Waals surface area contributed by atoms with Crippen molar-refractivity contribution in [3.63, 3.8) is 0 Å². The van der Waals surface area contributed by atoms with Gasteiger partial charge in [0.2, 0.25) is 5.89 Å². The Balaban J connectivity index is 1.62. The van der Waals surface area contributed by atoms with Crippen molar-refractivity contribution in [1.29, 1.82) is 0 Å². The van der Waals surface area contributed by atoms with Crippen molar-refractivity contribution < 1.29 is 19.2 Å². The lowest BCUT2D eigenvalue weighted by molar-refractivity contribution is -0.143. The lowest BCUT2D eigenvalue weighted by Crippen LogP contribution is -2.41. The molecule has 1 aliphatic carbocycles. The van der Waals surface area contributed by atoms with Crippen LogP contribution in [-0.2, 0) is 11.2 Å². The van der Waals surface area contributed by atoms with Gasteiger partial charge in [-0.15, -0.1) is 0 Å². The van der Waals surface area contributed by atoms with Gasteiger partial charge in [-0.1, -0.05) is 5.16 Å². The Kier molecular flexibility index (Phi) is 3.45. The largest absolute Gasteiger partial charge is 0.481 e. The molecule has 0 radical (unpaired) electrons. The first-order valence-electron chi connectivity index (χ1n) is 5.63. The molecule has 0 saturated heterocycles. The van der Waals surface area contributed by atoms with Gasteiger partial charge in [-0.05, 0) is 12.8 Å². The minimum Gasteiger partial charge on any atom is -0.481 e. The molecule has 98 valence electrons. The van der Waals surface area contributed by atoms with Crippen LogP contribution in [0.2, 0.25) is 0 Å². The summed E-state index contributed by atoms with van der Waals surface area (Å²) in [5.74, 6) is -0.409. The standard InChI is InChI=1S/C10H14N4O4/c15-8(16)10(2-3-10)5-12-9(17)11-4-1-7-13-6-14-18-7/h6H,1-5H2,(H,15,16)(H2,11,12,17). The van der Waals surface area contributed by atoms with Crippen molar-refractivity contribution in [1.82, 2.24) is 20.8 Å². The number of carboxylic acid groups (broad SMARTS) is 1. The van der Waals surface area contributed by atoms with Crippen molar-refractivity contribution in [3.8, 4) is 0 Å². The van der Waals surface area contributed by atoms with Gasteiger partial charge in [0.15, 0.2) is 6.33 Å². The zero-order valence-corrected chi connectivity index (χ0v) is 9.68. The van der Waals surface area contributed by atoms with Gasteiger partial charge in [0, 0.05) is 19.5 Å². The number of carbonyl (C=O) groups is 2. The minimum atomic E-state index is -0.853. The van der Waals surface area contributed by atoms with Crippen LogP contribution in [0.5, 0.6) is 0 Å². The van der Waals surface area contributed by atoms with E-state index < -0.39 is 11.4 Å². The molecule has 1 saturated carbocycles. The molecule has 8 heteroatoms. The van der Waals surface area contributed by atoms with Gasteiger partial charge in [-0.25, -0.2) is 4.79 Å². The third kappa shape index (κ3) is 2.96. The number of nitrogens with zero attached hydrogens (tertiary/aromatic N) is 2. The van der Waals surface area contributed by atoms with Crippen molar-refractivity contribution in [3.05, 3.63) is 12.2 Å². The smallest absolute Gasteiger partial charge is 0.314 e. The number of rotatable bonds is 6. The summed E-state index contributed by atoms with van der Waals surface area (Å²) in [5, 5.41) is 17.5. The van der Waals surface area contributed by atoms with Gasteiger partial charge in [-0.2, -0.15) is 4.98 Å². The van der Waals surface area contributed by atoms with Crippen LogP contribution in [0.3, 0.4) is 0 Å². The summed E-state index contributed by atoms with van der Waals surface area (Å²) in [5.41, 5.74) is -0.746. The number of urea groups is 1. The first-order chi connectivity index (χ1) is 8.62. The number of aromatic nitrogens is 2. The fourth-order valence-corrected chi connectivity index (χ4v) is 1.52. The molecule has 8 nitrogen and oxygen atoms in total. The molecule has 2 rings (SSSR count). The second kappa shape index (κ2) is 5.03. The lowest BCUT2D eigenvalue weighted by atomic mass is 10.1. The Labute approximate surface area is 103 Å². The quantitative estimate of drug-likeness (QED) is 0.645. The summed E-state index contributed by atoms with van der Waals surface area (Å²) in [7, 11) is 0. The molecule has 0 atom stereocenters. The van der Waals surface area contributed by atoms with E-state index in [4.69, 9.17) is 9.63 Å². The molecule has 1 aliphatic rings. The maximum Gasteiger partial charge on any atom is 0.314 e. The third-order valence-corrected chi connectivity index (χ3v) is 2.93. The second-order valence-corrected chi connectivity index (χ2v) is 4.28. The first-order valence-corrected chi connectivity index (χ1v) is 5.63. The minimum absolute atomic E-state index is 0.161. The van der Waals surface area contributed by atoms with Crippen LogP contribution < -0.4 is 10.6 Å². The van der Waals surface area contributed by atoms with Crippen LogP contribution in [0.15, 0.2) is 10.9 Å². The molecule has 0 unspecified atom stereocenters. The zero-order chi connectivity index (χ0) is 13.0. The molecule has 0 bridgehead atoms. The van der Waals surface area contributed by atoms with E-state index in [1.807, 2.05) is 0 Å². The number of aliphatic carboxylic acids is 1. The number of carbonyl (C=O) groups excluding carboxylic acids is 1. The summed E-state index contributed by atoms with van der Waals surface area (Å²) in [6, 6.07) is -0.387. The van der Waals surface area contributed by atoms with Gasteiger partial charge >= 0.3 is 12.0 Å². The van der Waals surface area contributed by atoms with Gasteiger partial charge in [0.1, 0.15) is 0 Å². The van der Waals surface area contributed by atoms with Crippen LogP contribution in [0.4, 0.5) is 4.79 Å². The third-order valence-electron chi connectivity index (χ3n) is 2.93. The van der Waals surface area contributed by atoms with E-state index in [1.54, 1.807) is 0 Å². The van der Waals surface area contributed by atoms with Crippen LogP contribution in [0.25, 0.3) is 0 Å². The summed E-state index contributed by atoms with van der Waals surface area (Å²) in [6.07, 6.45) is 2.96. The van der Waals surface area contributed by atoms with Crippen LogP contribution >= 0.6 is 0 Å². The molecule has 0 spiro atoms. The molecule has 2 amide bonds. The highest BCUT2D eigenvalue weighted by Gasteiger charge is 2.50. The van der Waals surface area contributed by atoms with Crippen LogP contribution in [-0.4, -0.2) is 40.3 Å². The highest BCUT2D eigenvalue weighted by atomic mass is 16.5. The monoisotopic (exact) mass is 254 g/mol. The predicted molar refractivity (Wildman–Crippen MR) is 58.7 cm³/mol. The number of nitrogens with one attached hydrogen (secondary N) is 2. The van der Waals surface area contributed by atoms with Gasteiger partial charge < -0.3 is 20.3 Å². The van der Waals surface area contributed by atoms with E-state index in [2.05, 4.69) is 20.8 Å². The Bertz CT molecular complexity index is 427. The topological polar surface area (TPSA) is 117 Å². The maximum atomic E-state index is 11.4. The first kappa shape index (κ1) is 12.3. The number of amides is 2. The average molecular weight is 254 g/mol. The highest BCUT2D eigenvalue weighted by molar-refractivity contribution is 5.80. The van der Waals surface area contributed by atoms with Gasteiger partial charge in [0.25, 0.3) is 0 Å². The van der Waals surface area contributed by atoms with Crippen molar-refractivity contribution in [2.75, 3.05) is 13.1 Å². The van der Waals surface area contributed by atoms with E-state index in [0.29, 0.717) is 31.7 Å². The highest BCUT2D eigenvalue weighted by Crippen LogP contribution is 2.45.